The smallest absolute Gasteiger partial charge is 0.333 e. The number of hydrogen-bond acceptors (Lipinski definition) is 3. The van der Waals surface area contributed by atoms with Crippen molar-refractivity contribution in [1.29, 1.82) is 0 Å². The van der Waals surface area contributed by atoms with Crippen molar-refractivity contribution in [3.8, 4) is 5.75 Å². The van der Waals surface area contributed by atoms with Gasteiger partial charge in [-0.25, -0.2) is 4.79 Å². The number of benzene rings is 1. The fourth-order valence-corrected chi connectivity index (χ4v) is 1.60. The number of carboxylic acids is 1. The summed E-state index contributed by atoms with van der Waals surface area (Å²) in [6.45, 7) is 0. The highest BCUT2D eigenvalue weighted by atomic mass is 35.5. The lowest BCUT2D eigenvalue weighted by molar-refractivity contribution is -0.148. The normalized spacial score (nSPS) is 12.2. The molecule has 0 amide bonds. The van der Waals surface area contributed by atoms with Crippen LogP contribution in [0.2, 0.25) is 5.02 Å². The minimum absolute atomic E-state index is 0.273. The Bertz CT molecular complexity index is 378. The van der Waals surface area contributed by atoms with Gasteiger partial charge in [-0.1, -0.05) is 17.7 Å². The van der Waals surface area contributed by atoms with E-state index in [-0.39, 0.29) is 6.42 Å². The fraction of sp³-hybridized carbons (Fsp3) is 0.364. The summed E-state index contributed by atoms with van der Waals surface area (Å²) in [6.07, 6.45) is -0.584. The number of halogens is 1. The molecule has 0 saturated heterocycles. The molecule has 4 nitrogen and oxygen atoms in total. The van der Waals surface area contributed by atoms with Crippen LogP contribution in [0.25, 0.3) is 0 Å². The Hall–Kier alpha value is -1.26. The van der Waals surface area contributed by atoms with Gasteiger partial charge in [-0.2, -0.15) is 0 Å². The van der Waals surface area contributed by atoms with Crippen molar-refractivity contribution < 1.29 is 19.4 Å². The van der Waals surface area contributed by atoms with Gasteiger partial charge >= 0.3 is 5.97 Å². The first-order valence-electron chi connectivity index (χ1n) is 4.66. The molecule has 0 aliphatic rings. The molecular formula is C11H13ClO4. The zero-order chi connectivity index (χ0) is 12.1. The molecule has 16 heavy (non-hydrogen) atoms. The number of rotatable bonds is 5. The maximum absolute atomic E-state index is 10.8. The van der Waals surface area contributed by atoms with Crippen LogP contribution in [0.3, 0.4) is 0 Å². The Morgan fingerprint density at radius 1 is 1.50 bits per heavy atom. The number of carboxylic acid groups (broad SMARTS) is 1. The van der Waals surface area contributed by atoms with Crippen LogP contribution in [-0.4, -0.2) is 31.4 Å². The van der Waals surface area contributed by atoms with Crippen LogP contribution in [0.4, 0.5) is 0 Å². The van der Waals surface area contributed by atoms with Crippen molar-refractivity contribution in [3.63, 3.8) is 0 Å². The summed E-state index contributed by atoms with van der Waals surface area (Å²) < 4.78 is 9.84. The lowest BCUT2D eigenvalue weighted by Crippen LogP contribution is -2.24. The molecule has 5 heteroatoms. The SMILES string of the molecule is COc1ccc(C[C@H](OC)C(=O)O)cc1Cl. The highest BCUT2D eigenvalue weighted by molar-refractivity contribution is 6.32. The molecule has 0 unspecified atom stereocenters. The van der Waals surface area contributed by atoms with E-state index < -0.39 is 12.1 Å². The molecule has 0 aliphatic carbocycles. The predicted octanol–water partition coefficient (Wildman–Crippen LogP) is 1.99. The molecule has 0 fully saturated rings. The first-order chi connectivity index (χ1) is 7.58. The molecular weight excluding hydrogens is 232 g/mol. The van der Waals surface area contributed by atoms with E-state index in [9.17, 15) is 4.79 Å². The summed E-state index contributed by atoms with van der Waals surface area (Å²) in [5, 5.41) is 9.28. The van der Waals surface area contributed by atoms with Gasteiger partial charge in [-0.05, 0) is 17.7 Å². The summed E-state index contributed by atoms with van der Waals surface area (Å²) in [5.74, 6) is -0.427. The molecule has 1 N–H and O–H groups in total. The third-order valence-corrected chi connectivity index (χ3v) is 2.49. The Morgan fingerprint density at radius 2 is 2.19 bits per heavy atom. The Kier molecular flexibility index (Phi) is 4.58. The molecule has 0 saturated carbocycles. The second-order valence-corrected chi connectivity index (χ2v) is 3.64. The van der Waals surface area contributed by atoms with Gasteiger partial charge < -0.3 is 14.6 Å². The molecule has 88 valence electrons. The standard InChI is InChI=1S/C11H13ClO4/c1-15-9-4-3-7(5-8(9)12)6-10(16-2)11(13)14/h3-5,10H,6H2,1-2H3,(H,13,14)/t10-/m0/s1. The minimum Gasteiger partial charge on any atom is -0.495 e. The van der Waals surface area contributed by atoms with Gasteiger partial charge in [0.05, 0.1) is 12.1 Å². The van der Waals surface area contributed by atoms with Crippen molar-refractivity contribution in [2.75, 3.05) is 14.2 Å². The average Bonchev–Trinajstić information content (AvgIpc) is 2.25. The lowest BCUT2D eigenvalue weighted by atomic mass is 10.1. The van der Waals surface area contributed by atoms with E-state index >= 15 is 0 Å². The Labute approximate surface area is 98.7 Å². The van der Waals surface area contributed by atoms with Crippen LogP contribution in [-0.2, 0) is 16.0 Å². The largest absolute Gasteiger partial charge is 0.495 e. The van der Waals surface area contributed by atoms with Crippen LogP contribution < -0.4 is 4.74 Å². The van der Waals surface area contributed by atoms with Crippen molar-refractivity contribution in [2.24, 2.45) is 0 Å². The maximum atomic E-state index is 10.8. The summed E-state index contributed by atoms with van der Waals surface area (Å²) >= 11 is 5.92. The van der Waals surface area contributed by atoms with Crippen LogP contribution in [0, 0.1) is 0 Å². The van der Waals surface area contributed by atoms with Crippen LogP contribution in [0.5, 0.6) is 5.75 Å². The van der Waals surface area contributed by atoms with Gasteiger partial charge in [0.15, 0.2) is 6.10 Å². The van der Waals surface area contributed by atoms with E-state index in [0.29, 0.717) is 10.8 Å². The molecule has 1 aromatic rings. The minimum atomic E-state index is -0.991. The van der Waals surface area contributed by atoms with Gasteiger partial charge in [-0.15, -0.1) is 0 Å². The van der Waals surface area contributed by atoms with Gasteiger partial charge in [-0.3, -0.25) is 0 Å². The lowest BCUT2D eigenvalue weighted by Gasteiger charge is -2.11. The monoisotopic (exact) mass is 244 g/mol. The number of carbonyl (C=O) groups is 1. The molecule has 0 aliphatic heterocycles. The highest BCUT2D eigenvalue weighted by Gasteiger charge is 2.17. The molecule has 0 radical (unpaired) electrons. The summed E-state index contributed by atoms with van der Waals surface area (Å²) in [4.78, 5) is 10.8. The topological polar surface area (TPSA) is 55.8 Å². The molecule has 0 spiro atoms. The van der Waals surface area contributed by atoms with E-state index in [4.69, 9.17) is 26.2 Å². The van der Waals surface area contributed by atoms with Gasteiger partial charge in [0.25, 0.3) is 0 Å². The van der Waals surface area contributed by atoms with Crippen molar-refractivity contribution in [3.05, 3.63) is 28.8 Å². The second kappa shape index (κ2) is 5.72. The number of aliphatic carboxylic acids is 1. The Morgan fingerprint density at radius 3 is 2.62 bits per heavy atom. The van der Waals surface area contributed by atoms with Gasteiger partial charge in [0.1, 0.15) is 5.75 Å². The van der Waals surface area contributed by atoms with Crippen LogP contribution in [0.15, 0.2) is 18.2 Å². The molecule has 0 heterocycles. The second-order valence-electron chi connectivity index (χ2n) is 3.24. The number of ether oxygens (including phenoxy) is 2. The van der Waals surface area contributed by atoms with Gasteiger partial charge in [0.2, 0.25) is 0 Å². The molecule has 0 bridgehead atoms. The van der Waals surface area contributed by atoms with E-state index in [0.717, 1.165) is 5.56 Å². The van der Waals surface area contributed by atoms with E-state index in [1.807, 2.05) is 0 Å². The van der Waals surface area contributed by atoms with Gasteiger partial charge in [0, 0.05) is 13.5 Å². The maximum Gasteiger partial charge on any atom is 0.333 e. The molecule has 1 atom stereocenters. The Balaban J connectivity index is 2.81. The zero-order valence-corrected chi connectivity index (χ0v) is 9.82. The first-order valence-corrected chi connectivity index (χ1v) is 5.04. The summed E-state index contributed by atoms with van der Waals surface area (Å²) in [5.41, 5.74) is 0.792. The highest BCUT2D eigenvalue weighted by Crippen LogP contribution is 2.25. The molecule has 0 aromatic heterocycles. The molecule has 1 rings (SSSR count). The van der Waals surface area contributed by atoms with Crippen molar-refractivity contribution in [1.82, 2.24) is 0 Å². The van der Waals surface area contributed by atoms with E-state index in [1.165, 1.54) is 14.2 Å². The van der Waals surface area contributed by atoms with Crippen LogP contribution >= 0.6 is 11.6 Å². The number of hydrogen-bond donors (Lipinski definition) is 1. The summed E-state index contributed by atoms with van der Waals surface area (Å²) in [6, 6.07) is 5.14. The summed E-state index contributed by atoms with van der Waals surface area (Å²) in [7, 11) is 2.89. The average molecular weight is 245 g/mol. The third-order valence-electron chi connectivity index (χ3n) is 2.20. The zero-order valence-electron chi connectivity index (χ0n) is 9.07. The van der Waals surface area contributed by atoms with Crippen molar-refractivity contribution >= 4 is 17.6 Å². The van der Waals surface area contributed by atoms with Crippen LogP contribution in [0.1, 0.15) is 5.56 Å². The first kappa shape index (κ1) is 12.8. The van der Waals surface area contributed by atoms with E-state index in [2.05, 4.69) is 0 Å². The number of methoxy groups -OCH3 is 2. The third kappa shape index (κ3) is 3.12. The van der Waals surface area contributed by atoms with Crippen molar-refractivity contribution in [2.45, 2.75) is 12.5 Å². The molecule has 1 aromatic carbocycles. The van der Waals surface area contributed by atoms with E-state index in [1.54, 1.807) is 18.2 Å². The predicted molar refractivity (Wildman–Crippen MR) is 60.1 cm³/mol. The quantitative estimate of drug-likeness (QED) is 0.861. The fourth-order valence-electron chi connectivity index (χ4n) is 1.32.